The van der Waals surface area contributed by atoms with Gasteiger partial charge in [0, 0.05) is 23.5 Å². The van der Waals surface area contributed by atoms with E-state index < -0.39 is 0 Å². The van der Waals surface area contributed by atoms with Crippen molar-refractivity contribution in [2.45, 2.75) is 0 Å². The molecule has 18 heavy (non-hydrogen) atoms. The van der Waals surface area contributed by atoms with E-state index in [9.17, 15) is 0 Å². The molecule has 0 saturated carbocycles. The molecule has 0 aliphatic carbocycles. The van der Waals surface area contributed by atoms with Gasteiger partial charge in [-0.05, 0) is 35.9 Å². The first-order valence-corrected chi connectivity index (χ1v) is 5.80. The number of fused-ring (bicyclic) bond motifs is 1. The molecule has 0 radical (unpaired) electrons. The molecule has 2 aromatic heterocycles. The van der Waals surface area contributed by atoms with E-state index in [0.717, 1.165) is 16.6 Å². The summed E-state index contributed by atoms with van der Waals surface area (Å²) in [6.45, 7) is 0. The standard InChI is InChI=1S/C13H9ClN4/c14-13-17-11-4-2-1-3-10(11)12(18-13)16-9-5-7-15-8-6-9/h1-8H,(H,15,16,17,18). The lowest BCUT2D eigenvalue weighted by atomic mass is 10.2. The SMILES string of the molecule is Clc1nc(Nc2ccncc2)c2ccccc2n1. The summed E-state index contributed by atoms with van der Waals surface area (Å²) in [6, 6.07) is 11.4. The zero-order chi connectivity index (χ0) is 12.4. The van der Waals surface area contributed by atoms with Crippen LogP contribution in [0.1, 0.15) is 0 Å². The first-order valence-electron chi connectivity index (χ1n) is 5.42. The summed E-state index contributed by atoms with van der Waals surface area (Å²) in [5, 5.41) is 4.37. The van der Waals surface area contributed by atoms with Crippen LogP contribution in [0.2, 0.25) is 5.28 Å². The van der Waals surface area contributed by atoms with Gasteiger partial charge < -0.3 is 5.32 Å². The highest BCUT2D eigenvalue weighted by atomic mass is 35.5. The van der Waals surface area contributed by atoms with Crippen LogP contribution in [0.3, 0.4) is 0 Å². The second-order valence-electron chi connectivity index (χ2n) is 3.72. The molecule has 0 aliphatic rings. The maximum atomic E-state index is 5.92. The van der Waals surface area contributed by atoms with E-state index in [1.807, 2.05) is 36.4 Å². The van der Waals surface area contributed by atoms with Gasteiger partial charge in [-0.25, -0.2) is 4.98 Å². The van der Waals surface area contributed by atoms with Crippen molar-refractivity contribution >= 4 is 34.0 Å². The number of halogens is 1. The molecule has 1 N–H and O–H groups in total. The first-order chi connectivity index (χ1) is 8.83. The van der Waals surface area contributed by atoms with Crippen molar-refractivity contribution in [3.8, 4) is 0 Å². The summed E-state index contributed by atoms with van der Waals surface area (Å²) in [7, 11) is 0. The maximum absolute atomic E-state index is 5.92. The molecule has 0 saturated heterocycles. The number of anilines is 2. The van der Waals surface area contributed by atoms with Crippen molar-refractivity contribution in [2.24, 2.45) is 0 Å². The van der Waals surface area contributed by atoms with Crippen LogP contribution in [0.5, 0.6) is 0 Å². The largest absolute Gasteiger partial charge is 0.339 e. The Hall–Kier alpha value is -2.20. The Kier molecular flexibility index (Phi) is 2.78. The summed E-state index contributed by atoms with van der Waals surface area (Å²) >= 11 is 5.92. The minimum absolute atomic E-state index is 0.227. The Morgan fingerprint density at radius 3 is 2.56 bits per heavy atom. The van der Waals surface area contributed by atoms with Gasteiger partial charge in [0.25, 0.3) is 0 Å². The van der Waals surface area contributed by atoms with Crippen molar-refractivity contribution in [2.75, 3.05) is 5.32 Å². The second kappa shape index (κ2) is 4.58. The van der Waals surface area contributed by atoms with E-state index in [1.54, 1.807) is 12.4 Å². The van der Waals surface area contributed by atoms with Crippen LogP contribution >= 0.6 is 11.6 Å². The van der Waals surface area contributed by atoms with Crippen molar-refractivity contribution in [1.82, 2.24) is 15.0 Å². The quantitative estimate of drug-likeness (QED) is 0.714. The van der Waals surface area contributed by atoms with E-state index in [2.05, 4.69) is 20.3 Å². The number of pyridine rings is 1. The Balaban J connectivity index is 2.11. The van der Waals surface area contributed by atoms with E-state index in [1.165, 1.54) is 0 Å². The minimum Gasteiger partial charge on any atom is -0.339 e. The average Bonchev–Trinajstić information content (AvgIpc) is 2.40. The molecule has 4 nitrogen and oxygen atoms in total. The molecule has 0 unspecified atom stereocenters. The lowest BCUT2D eigenvalue weighted by Crippen LogP contribution is -1.97. The maximum Gasteiger partial charge on any atom is 0.224 e. The van der Waals surface area contributed by atoms with Crippen LogP contribution in [0.4, 0.5) is 11.5 Å². The molecule has 0 amide bonds. The molecule has 0 atom stereocenters. The molecule has 3 aromatic rings. The molecule has 0 fully saturated rings. The van der Waals surface area contributed by atoms with Gasteiger partial charge >= 0.3 is 0 Å². The summed E-state index contributed by atoms with van der Waals surface area (Å²) in [5.74, 6) is 0.691. The van der Waals surface area contributed by atoms with Crippen LogP contribution in [-0.2, 0) is 0 Å². The number of hydrogen-bond donors (Lipinski definition) is 1. The molecule has 0 spiro atoms. The van der Waals surface area contributed by atoms with Gasteiger partial charge in [0.15, 0.2) is 0 Å². The molecular formula is C13H9ClN4. The smallest absolute Gasteiger partial charge is 0.224 e. The summed E-state index contributed by atoms with van der Waals surface area (Å²) in [5.41, 5.74) is 1.72. The highest BCUT2D eigenvalue weighted by molar-refractivity contribution is 6.28. The molecule has 5 heteroatoms. The Morgan fingerprint density at radius 2 is 1.72 bits per heavy atom. The van der Waals surface area contributed by atoms with Crippen molar-refractivity contribution in [3.05, 3.63) is 54.1 Å². The fraction of sp³-hybridized carbons (Fsp3) is 0. The number of hydrogen-bond acceptors (Lipinski definition) is 4. The zero-order valence-electron chi connectivity index (χ0n) is 9.34. The van der Waals surface area contributed by atoms with Gasteiger partial charge in [-0.15, -0.1) is 0 Å². The fourth-order valence-electron chi connectivity index (χ4n) is 1.72. The Morgan fingerprint density at radius 1 is 0.944 bits per heavy atom. The van der Waals surface area contributed by atoms with E-state index >= 15 is 0 Å². The molecule has 2 heterocycles. The normalized spacial score (nSPS) is 10.5. The van der Waals surface area contributed by atoms with Gasteiger partial charge in [0.2, 0.25) is 5.28 Å². The third-order valence-electron chi connectivity index (χ3n) is 2.52. The molecule has 3 rings (SSSR count). The molecular weight excluding hydrogens is 248 g/mol. The Labute approximate surface area is 109 Å². The summed E-state index contributed by atoms with van der Waals surface area (Å²) < 4.78 is 0. The number of benzene rings is 1. The highest BCUT2D eigenvalue weighted by Gasteiger charge is 2.06. The van der Waals surface area contributed by atoms with Crippen molar-refractivity contribution < 1.29 is 0 Å². The van der Waals surface area contributed by atoms with E-state index in [4.69, 9.17) is 11.6 Å². The van der Waals surface area contributed by atoms with Crippen LogP contribution in [0, 0.1) is 0 Å². The molecule has 0 bridgehead atoms. The summed E-state index contributed by atoms with van der Waals surface area (Å²) in [4.78, 5) is 12.4. The van der Waals surface area contributed by atoms with Gasteiger partial charge in [-0.2, -0.15) is 4.98 Å². The predicted octanol–water partition coefficient (Wildman–Crippen LogP) is 3.42. The van der Waals surface area contributed by atoms with Gasteiger partial charge in [-0.1, -0.05) is 12.1 Å². The lowest BCUT2D eigenvalue weighted by molar-refractivity contribution is 1.21. The predicted molar refractivity (Wildman–Crippen MR) is 72.1 cm³/mol. The number of nitrogens with one attached hydrogen (secondary N) is 1. The third-order valence-corrected chi connectivity index (χ3v) is 2.69. The third kappa shape index (κ3) is 2.10. The number of nitrogens with zero attached hydrogens (tertiary/aromatic N) is 3. The van der Waals surface area contributed by atoms with Gasteiger partial charge in [-0.3, -0.25) is 4.98 Å². The molecule has 88 valence electrons. The fourth-order valence-corrected chi connectivity index (χ4v) is 1.89. The topological polar surface area (TPSA) is 50.7 Å². The van der Waals surface area contributed by atoms with E-state index in [-0.39, 0.29) is 5.28 Å². The van der Waals surface area contributed by atoms with Crippen molar-refractivity contribution in [1.29, 1.82) is 0 Å². The number of para-hydroxylation sites is 1. The van der Waals surface area contributed by atoms with Crippen LogP contribution in [0.25, 0.3) is 10.9 Å². The molecule has 0 aliphatic heterocycles. The number of aromatic nitrogens is 3. The first kappa shape index (κ1) is 10.9. The van der Waals surface area contributed by atoms with Crippen LogP contribution in [-0.4, -0.2) is 15.0 Å². The van der Waals surface area contributed by atoms with Crippen LogP contribution in [0.15, 0.2) is 48.8 Å². The van der Waals surface area contributed by atoms with E-state index in [0.29, 0.717) is 5.82 Å². The molecule has 1 aromatic carbocycles. The zero-order valence-corrected chi connectivity index (χ0v) is 10.1. The van der Waals surface area contributed by atoms with Gasteiger partial charge in [0.05, 0.1) is 5.52 Å². The van der Waals surface area contributed by atoms with Gasteiger partial charge in [0.1, 0.15) is 5.82 Å². The minimum atomic E-state index is 0.227. The number of rotatable bonds is 2. The van der Waals surface area contributed by atoms with Crippen molar-refractivity contribution in [3.63, 3.8) is 0 Å². The lowest BCUT2D eigenvalue weighted by Gasteiger charge is -2.08. The van der Waals surface area contributed by atoms with Crippen LogP contribution < -0.4 is 5.32 Å². The second-order valence-corrected chi connectivity index (χ2v) is 4.06. The Bertz CT molecular complexity index is 685. The highest BCUT2D eigenvalue weighted by Crippen LogP contribution is 2.24. The summed E-state index contributed by atoms with van der Waals surface area (Å²) in [6.07, 6.45) is 3.43. The monoisotopic (exact) mass is 256 g/mol. The average molecular weight is 257 g/mol.